The molecule has 0 aliphatic carbocycles. The van der Waals surface area contributed by atoms with Crippen LogP contribution in [0.4, 0.5) is 0 Å². The zero-order valence-corrected chi connectivity index (χ0v) is 28.2. The first-order chi connectivity index (χ1) is 22.4. The lowest BCUT2D eigenvalue weighted by Crippen LogP contribution is -2.56. The fourth-order valence-corrected chi connectivity index (χ4v) is 5.52. The molecule has 3 aromatic carbocycles. The van der Waals surface area contributed by atoms with Crippen molar-refractivity contribution in [1.82, 2.24) is 19.7 Å². The molecule has 2 N–H and O–H groups in total. The number of hydrogen-bond donors (Lipinski definition) is 1. The highest BCUT2D eigenvalue weighted by atomic mass is 16.2. The fraction of sp³-hybridized carbons (Fsp3) is 0.333. The van der Waals surface area contributed by atoms with E-state index in [0.29, 0.717) is 25.8 Å². The van der Waals surface area contributed by atoms with Gasteiger partial charge in [0.1, 0.15) is 12.1 Å². The van der Waals surface area contributed by atoms with Crippen molar-refractivity contribution in [1.29, 1.82) is 0 Å². The molecular formula is C39H47N5O3. The summed E-state index contributed by atoms with van der Waals surface area (Å²) in [5.41, 5.74) is 8.39. The van der Waals surface area contributed by atoms with E-state index >= 15 is 0 Å². The molecule has 0 bridgehead atoms. The highest BCUT2D eigenvalue weighted by molar-refractivity contribution is 5.95. The predicted molar refractivity (Wildman–Crippen MR) is 189 cm³/mol. The summed E-state index contributed by atoms with van der Waals surface area (Å²) in [6.45, 7) is 4.23. The third-order valence-electron chi connectivity index (χ3n) is 8.43. The van der Waals surface area contributed by atoms with Crippen LogP contribution in [0.15, 0.2) is 109 Å². The van der Waals surface area contributed by atoms with Gasteiger partial charge in [0.2, 0.25) is 17.7 Å². The SMILES string of the molecule is CN(CCc1ccccn1)C(=O)[C@@H](Cc1ccccc1)N(C)C(=O)[C@@H](Cc1ccc2ccccc2c1)N(C)C(=O)C=CCC(C)(C)N. The Morgan fingerprint density at radius 3 is 2.09 bits per heavy atom. The van der Waals surface area contributed by atoms with Crippen molar-refractivity contribution in [2.24, 2.45) is 5.73 Å². The number of benzene rings is 3. The lowest BCUT2D eigenvalue weighted by Gasteiger charge is -2.36. The molecule has 4 rings (SSSR count). The van der Waals surface area contributed by atoms with E-state index in [1.54, 1.807) is 38.3 Å². The van der Waals surface area contributed by atoms with Crippen molar-refractivity contribution >= 4 is 28.5 Å². The molecule has 3 amide bonds. The number of nitrogens with zero attached hydrogens (tertiary/aromatic N) is 4. The fourth-order valence-electron chi connectivity index (χ4n) is 5.52. The van der Waals surface area contributed by atoms with Crippen LogP contribution in [0.2, 0.25) is 0 Å². The van der Waals surface area contributed by atoms with Crippen LogP contribution >= 0.6 is 0 Å². The molecule has 0 aliphatic rings. The molecule has 0 saturated carbocycles. The van der Waals surface area contributed by atoms with Crippen molar-refractivity contribution in [3.63, 3.8) is 0 Å². The maximum absolute atomic E-state index is 14.5. The first-order valence-electron chi connectivity index (χ1n) is 16.1. The van der Waals surface area contributed by atoms with E-state index in [4.69, 9.17) is 5.73 Å². The van der Waals surface area contributed by atoms with Gasteiger partial charge in [0, 0.05) is 64.4 Å². The summed E-state index contributed by atoms with van der Waals surface area (Å²) < 4.78 is 0. The van der Waals surface area contributed by atoms with Gasteiger partial charge in [0.15, 0.2) is 0 Å². The van der Waals surface area contributed by atoms with Crippen LogP contribution in [0, 0.1) is 0 Å². The van der Waals surface area contributed by atoms with E-state index in [0.717, 1.165) is 27.6 Å². The van der Waals surface area contributed by atoms with Gasteiger partial charge >= 0.3 is 0 Å². The van der Waals surface area contributed by atoms with Crippen molar-refractivity contribution in [2.45, 2.75) is 57.2 Å². The van der Waals surface area contributed by atoms with Crippen LogP contribution in [0.25, 0.3) is 10.8 Å². The van der Waals surface area contributed by atoms with Crippen LogP contribution in [0.3, 0.4) is 0 Å². The number of carbonyl (C=O) groups is 3. The van der Waals surface area contributed by atoms with Gasteiger partial charge in [-0.1, -0.05) is 84.9 Å². The second kappa shape index (κ2) is 16.1. The molecule has 8 heteroatoms. The molecule has 0 spiro atoms. The molecular weight excluding hydrogens is 586 g/mol. The Bertz CT molecular complexity index is 1670. The zero-order valence-electron chi connectivity index (χ0n) is 28.2. The third kappa shape index (κ3) is 10.1. The number of pyridine rings is 1. The van der Waals surface area contributed by atoms with Crippen molar-refractivity contribution < 1.29 is 14.4 Å². The summed E-state index contributed by atoms with van der Waals surface area (Å²) in [7, 11) is 5.07. The molecule has 47 heavy (non-hydrogen) atoms. The minimum atomic E-state index is -0.853. The first kappa shape index (κ1) is 35.0. The summed E-state index contributed by atoms with van der Waals surface area (Å²) in [5.74, 6) is -0.793. The monoisotopic (exact) mass is 633 g/mol. The third-order valence-corrected chi connectivity index (χ3v) is 8.43. The zero-order chi connectivity index (χ0) is 34.0. The molecule has 2 atom stereocenters. The maximum Gasteiger partial charge on any atom is 0.246 e. The number of hydrogen-bond acceptors (Lipinski definition) is 5. The van der Waals surface area contributed by atoms with Crippen molar-refractivity contribution in [3.8, 4) is 0 Å². The standard InChI is InChI=1S/C39H47N5O3/c1-39(2,40)23-13-19-36(45)43(4)35(28-30-20-21-31-16-9-10-17-32(31)26-30)38(47)44(5)34(27-29-14-7-6-8-15-29)37(46)42(3)25-22-33-18-11-12-24-41-33/h6-21,24,26,34-35H,22-23,25,27-28,40H2,1-5H3/t34-,35-/m1/s1. The highest BCUT2D eigenvalue weighted by Crippen LogP contribution is 2.21. The van der Waals surface area contributed by atoms with Crippen LogP contribution in [-0.2, 0) is 33.6 Å². The summed E-state index contributed by atoms with van der Waals surface area (Å²) in [4.78, 5) is 51.1. The molecule has 1 aromatic heterocycles. The first-order valence-corrected chi connectivity index (χ1v) is 16.1. The Labute approximate surface area is 278 Å². The lowest BCUT2D eigenvalue weighted by molar-refractivity contribution is -0.148. The van der Waals surface area contributed by atoms with Crippen LogP contribution in [0.5, 0.6) is 0 Å². The molecule has 246 valence electrons. The number of nitrogens with two attached hydrogens (primary N) is 1. The van der Waals surface area contributed by atoms with E-state index in [1.165, 1.54) is 15.9 Å². The predicted octanol–water partition coefficient (Wildman–Crippen LogP) is 5.06. The number of rotatable bonds is 14. The molecule has 4 aromatic rings. The highest BCUT2D eigenvalue weighted by Gasteiger charge is 2.36. The van der Waals surface area contributed by atoms with E-state index < -0.39 is 17.6 Å². The normalized spacial score (nSPS) is 12.9. The van der Waals surface area contributed by atoms with Gasteiger partial charge in [0.05, 0.1) is 0 Å². The largest absolute Gasteiger partial charge is 0.344 e. The molecule has 0 aliphatic heterocycles. The maximum atomic E-state index is 14.5. The smallest absolute Gasteiger partial charge is 0.246 e. The second-order valence-electron chi connectivity index (χ2n) is 12.9. The Hall–Kier alpha value is -4.82. The van der Waals surface area contributed by atoms with Gasteiger partial charge in [0.25, 0.3) is 0 Å². The molecule has 0 unspecified atom stereocenters. The van der Waals surface area contributed by atoms with Gasteiger partial charge in [-0.25, -0.2) is 0 Å². The second-order valence-corrected chi connectivity index (χ2v) is 12.9. The summed E-state index contributed by atoms with van der Waals surface area (Å²) >= 11 is 0. The number of amides is 3. The van der Waals surface area contributed by atoms with E-state index in [2.05, 4.69) is 11.1 Å². The number of likely N-dealkylation sites (N-methyl/N-ethyl adjacent to an activating group) is 3. The van der Waals surface area contributed by atoms with E-state index in [9.17, 15) is 14.4 Å². The van der Waals surface area contributed by atoms with Gasteiger partial charge in [-0.15, -0.1) is 0 Å². The van der Waals surface area contributed by atoms with Crippen LogP contribution in [-0.4, -0.2) is 82.7 Å². The topological polar surface area (TPSA) is 99.8 Å². The Kier molecular flexibility index (Phi) is 12.0. The average molecular weight is 634 g/mol. The minimum absolute atomic E-state index is 0.177. The van der Waals surface area contributed by atoms with Crippen molar-refractivity contribution in [3.05, 3.63) is 126 Å². The lowest BCUT2D eigenvalue weighted by atomic mass is 9.98. The number of aromatic nitrogens is 1. The van der Waals surface area contributed by atoms with Crippen LogP contribution in [0.1, 0.15) is 37.1 Å². The average Bonchev–Trinajstić information content (AvgIpc) is 3.07. The molecule has 8 nitrogen and oxygen atoms in total. The summed E-state index contributed by atoms with van der Waals surface area (Å²) in [6.07, 6.45) is 6.68. The van der Waals surface area contributed by atoms with Gasteiger partial charge in [-0.05, 0) is 60.4 Å². The summed E-state index contributed by atoms with van der Waals surface area (Å²) in [6, 6.07) is 27.9. The van der Waals surface area contributed by atoms with Crippen molar-refractivity contribution in [2.75, 3.05) is 27.7 Å². The van der Waals surface area contributed by atoms with Gasteiger partial charge < -0.3 is 20.4 Å². The Balaban J connectivity index is 1.64. The van der Waals surface area contributed by atoms with E-state index in [-0.39, 0.29) is 24.1 Å². The van der Waals surface area contributed by atoms with Gasteiger partial charge in [-0.2, -0.15) is 0 Å². The molecule has 1 heterocycles. The van der Waals surface area contributed by atoms with Gasteiger partial charge in [-0.3, -0.25) is 19.4 Å². The molecule has 0 fully saturated rings. The quantitative estimate of drug-likeness (QED) is 0.196. The Morgan fingerprint density at radius 1 is 0.766 bits per heavy atom. The Morgan fingerprint density at radius 2 is 1.40 bits per heavy atom. The number of carbonyl (C=O) groups excluding carboxylic acids is 3. The number of fused-ring (bicyclic) bond motifs is 1. The molecule has 0 radical (unpaired) electrons. The minimum Gasteiger partial charge on any atom is -0.344 e. The molecule has 0 saturated heterocycles. The van der Waals surface area contributed by atoms with E-state index in [1.807, 2.05) is 98.8 Å². The summed E-state index contributed by atoms with van der Waals surface area (Å²) in [5, 5.41) is 2.14. The van der Waals surface area contributed by atoms with Crippen LogP contribution < -0.4 is 5.73 Å².